The fourth-order valence-electron chi connectivity index (χ4n) is 2.32. The Kier molecular flexibility index (Phi) is 3.21. The average molecular weight is 215 g/mol. The molecule has 1 aliphatic carbocycles. The molecule has 3 heteroatoms. The third-order valence-corrected chi connectivity index (χ3v) is 3.41. The van der Waals surface area contributed by atoms with Crippen LogP contribution in [0.5, 0.6) is 0 Å². The second-order valence-corrected chi connectivity index (χ2v) is 4.74. The van der Waals surface area contributed by atoms with Gasteiger partial charge in [0.1, 0.15) is 11.8 Å². The maximum absolute atomic E-state index is 8.93. The number of hydrogen-bond acceptors (Lipinski definition) is 3. The summed E-state index contributed by atoms with van der Waals surface area (Å²) in [6, 6.07) is 5.99. The molecular formula is C13H17N3. The summed E-state index contributed by atoms with van der Waals surface area (Å²) in [5.41, 5.74) is 1.79. The normalized spacial score (nSPS) is 18.2. The third kappa shape index (κ3) is 2.40. The molecule has 0 bridgehead atoms. The van der Waals surface area contributed by atoms with E-state index in [9.17, 15) is 0 Å². The molecular weight excluding hydrogens is 198 g/mol. The van der Waals surface area contributed by atoms with Gasteiger partial charge in [0.25, 0.3) is 0 Å². The van der Waals surface area contributed by atoms with Crippen LogP contribution in [0.15, 0.2) is 18.3 Å². The maximum Gasteiger partial charge on any atom is 0.144 e. The van der Waals surface area contributed by atoms with Crippen LogP contribution in [0.2, 0.25) is 0 Å². The van der Waals surface area contributed by atoms with Gasteiger partial charge in [0.2, 0.25) is 0 Å². The number of nitrogens with zero attached hydrogens (tertiary/aromatic N) is 2. The largest absolute Gasteiger partial charge is 0.307 e. The summed E-state index contributed by atoms with van der Waals surface area (Å²) in [4.78, 5) is 4.06. The van der Waals surface area contributed by atoms with Crippen molar-refractivity contribution in [3.63, 3.8) is 0 Å². The van der Waals surface area contributed by atoms with E-state index >= 15 is 0 Å². The number of rotatable bonds is 3. The van der Waals surface area contributed by atoms with Crippen LogP contribution in [0.3, 0.4) is 0 Å². The highest BCUT2D eigenvalue weighted by Gasteiger charge is 2.27. The second kappa shape index (κ2) is 4.63. The first-order valence-corrected chi connectivity index (χ1v) is 5.82. The van der Waals surface area contributed by atoms with Gasteiger partial charge < -0.3 is 5.32 Å². The van der Waals surface area contributed by atoms with Gasteiger partial charge in [0.05, 0.1) is 0 Å². The van der Waals surface area contributed by atoms with Gasteiger partial charge in [-0.25, -0.2) is 4.98 Å². The zero-order valence-corrected chi connectivity index (χ0v) is 9.66. The molecule has 0 radical (unpaired) electrons. The monoisotopic (exact) mass is 215 g/mol. The van der Waals surface area contributed by atoms with E-state index in [1.165, 1.54) is 25.7 Å². The molecule has 2 rings (SSSR count). The summed E-state index contributed by atoms with van der Waals surface area (Å²) in [7, 11) is 0. The molecule has 0 spiro atoms. The highest BCUT2D eigenvalue weighted by atomic mass is 15.0. The minimum absolute atomic E-state index is 0.253. The van der Waals surface area contributed by atoms with Crippen molar-refractivity contribution in [3.8, 4) is 6.07 Å². The smallest absolute Gasteiger partial charge is 0.144 e. The van der Waals surface area contributed by atoms with E-state index in [0.29, 0.717) is 5.69 Å². The summed E-state index contributed by atoms with van der Waals surface area (Å²) >= 11 is 0. The van der Waals surface area contributed by atoms with E-state index in [1.807, 2.05) is 12.1 Å². The van der Waals surface area contributed by atoms with Gasteiger partial charge >= 0.3 is 0 Å². The van der Waals surface area contributed by atoms with Crippen LogP contribution in [-0.4, -0.2) is 10.5 Å². The van der Waals surface area contributed by atoms with Crippen molar-refractivity contribution < 1.29 is 0 Å². The van der Waals surface area contributed by atoms with E-state index in [4.69, 9.17) is 5.26 Å². The molecule has 1 saturated carbocycles. The van der Waals surface area contributed by atoms with Crippen molar-refractivity contribution in [2.24, 2.45) is 0 Å². The van der Waals surface area contributed by atoms with Gasteiger partial charge in [-0.05, 0) is 25.8 Å². The summed E-state index contributed by atoms with van der Waals surface area (Å²) < 4.78 is 0. The van der Waals surface area contributed by atoms with Crippen LogP contribution in [0.1, 0.15) is 43.9 Å². The van der Waals surface area contributed by atoms with Gasteiger partial charge in [0, 0.05) is 23.8 Å². The molecule has 1 N–H and O–H groups in total. The Labute approximate surface area is 96.5 Å². The zero-order chi connectivity index (χ0) is 11.4. The molecule has 0 aromatic carbocycles. The molecule has 0 atom stereocenters. The van der Waals surface area contributed by atoms with E-state index in [1.54, 1.807) is 6.20 Å². The summed E-state index contributed by atoms with van der Waals surface area (Å²) in [6.45, 7) is 3.01. The molecule has 0 unspecified atom stereocenters. The molecule has 1 aromatic heterocycles. The van der Waals surface area contributed by atoms with Crippen LogP contribution in [0.4, 0.5) is 0 Å². The molecule has 1 aromatic rings. The van der Waals surface area contributed by atoms with Crippen LogP contribution >= 0.6 is 0 Å². The van der Waals surface area contributed by atoms with Crippen LogP contribution in [0, 0.1) is 11.3 Å². The standard InChI is InChI=1S/C13H17N3/c1-13(6-2-3-7-13)16-10-11-5-4-8-15-12(11)9-14/h4-5,8,16H,2-3,6-7,10H2,1H3. The van der Waals surface area contributed by atoms with E-state index in [0.717, 1.165) is 12.1 Å². The fraction of sp³-hybridized carbons (Fsp3) is 0.538. The first-order chi connectivity index (χ1) is 7.73. The van der Waals surface area contributed by atoms with E-state index < -0.39 is 0 Å². The van der Waals surface area contributed by atoms with Crippen molar-refractivity contribution in [2.45, 2.75) is 44.7 Å². The summed E-state index contributed by atoms with van der Waals surface area (Å²) in [6.07, 6.45) is 6.74. The number of nitriles is 1. The number of pyridine rings is 1. The van der Waals surface area contributed by atoms with Gasteiger partial charge in [-0.15, -0.1) is 0 Å². The molecule has 0 aliphatic heterocycles. The molecule has 0 amide bonds. The van der Waals surface area contributed by atoms with Crippen molar-refractivity contribution in [2.75, 3.05) is 0 Å². The average Bonchev–Trinajstić information content (AvgIpc) is 2.74. The van der Waals surface area contributed by atoms with Gasteiger partial charge in [0.15, 0.2) is 0 Å². The van der Waals surface area contributed by atoms with Gasteiger partial charge in [-0.3, -0.25) is 0 Å². The topological polar surface area (TPSA) is 48.7 Å². The summed E-state index contributed by atoms with van der Waals surface area (Å²) in [5.74, 6) is 0. The molecule has 1 aliphatic rings. The molecule has 16 heavy (non-hydrogen) atoms. The molecule has 3 nitrogen and oxygen atoms in total. The highest BCUT2D eigenvalue weighted by molar-refractivity contribution is 5.30. The van der Waals surface area contributed by atoms with Crippen LogP contribution in [0.25, 0.3) is 0 Å². The van der Waals surface area contributed by atoms with Crippen LogP contribution < -0.4 is 5.32 Å². The van der Waals surface area contributed by atoms with E-state index in [-0.39, 0.29) is 5.54 Å². The first kappa shape index (κ1) is 11.1. The number of hydrogen-bond donors (Lipinski definition) is 1. The fourth-order valence-corrected chi connectivity index (χ4v) is 2.32. The maximum atomic E-state index is 8.93. The van der Waals surface area contributed by atoms with Gasteiger partial charge in [-0.2, -0.15) is 5.26 Å². The second-order valence-electron chi connectivity index (χ2n) is 4.74. The Morgan fingerprint density at radius 1 is 1.50 bits per heavy atom. The first-order valence-electron chi connectivity index (χ1n) is 5.82. The number of aromatic nitrogens is 1. The SMILES string of the molecule is CC1(NCc2cccnc2C#N)CCCC1. The van der Waals surface area contributed by atoms with E-state index in [2.05, 4.69) is 23.3 Å². The van der Waals surface area contributed by atoms with Crippen LogP contribution in [-0.2, 0) is 6.54 Å². The minimum atomic E-state index is 0.253. The third-order valence-electron chi connectivity index (χ3n) is 3.41. The molecule has 1 heterocycles. The lowest BCUT2D eigenvalue weighted by Gasteiger charge is -2.25. The summed E-state index contributed by atoms with van der Waals surface area (Å²) in [5, 5.41) is 12.5. The molecule has 84 valence electrons. The lowest BCUT2D eigenvalue weighted by molar-refractivity contribution is 0.362. The van der Waals surface area contributed by atoms with Crippen molar-refractivity contribution in [3.05, 3.63) is 29.6 Å². The van der Waals surface area contributed by atoms with Crippen molar-refractivity contribution >= 4 is 0 Å². The Balaban J connectivity index is 2.02. The van der Waals surface area contributed by atoms with Gasteiger partial charge in [-0.1, -0.05) is 18.9 Å². The van der Waals surface area contributed by atoms with Crippen molar-refractivity contribution in [1.29, 1.82) is 5.26 Å². The highest BCUT2D eigenvalue weighted by Crippen LogP contribution is 2.29. The minimum Gasteiger partial charge on any atom is -0.307 e. The zero-order valence-electron chi connectivity index (χ0n) is 9.66. The Morgan fingerprint density at radius 2 is 2.25 bits per heavy atom. The predicted octanol–water partition coefficient (Wildman–Crippen LogP) is 2.38. The molecule has 0 saturated heterocycles. The Hall–Kier alpha value is -1.40. The van der Waals surface area contributed by atoms with Crippen molar-refractivity contribution in [1.82, 2.24) is 10.3 Å². The number of nitrogens with one attached hydrogen (secondary N) is 1. The Bertz CT molecular complexity index is 400. The molecule has 1 fully saturated rings. The predicted molar refractivity (Wildman–Crippen MR) is 62.7 cm³/mol. The Morgan fingerprint density at radius 3 is 2.94 bits per heavy atom. The quantitative estimate of drug-likeness (QED) is 0.842. The lowest BCUT2D eigenvalue weighted by atomic mass is 10.00. The lowest BCUT2D eigenvalue weighted by Crippen LogP contribution is -2.38.